The topological polar surface area (TPSA) is 27.1 Å². The summed E-state index contributed by atoms with van der Waals surface area (Å²) in [5.74, 6) is 0.928. The number of halogens is 1. The Morgan fingerprint density at radius 1 is 1.21 bits per heavy atom. The Kier molecular flexibility index (Phi) is 4.64. The normalized spacial score (nSPS) is 11.0. The van der Waals surface area contributed by atoms with E-state index >= 15 is 0 Å². The van der Waals surface area contributed by atoms with Gasteiger partial charge in [-0.25, -0.2) is 4.98 Å². The maximum atomic E-state index is 5.63. The number of ether oxygens (including phenoxy) is 1. The molecule has 2 rings (SSSR count). The first-order valence-electron chi connectivity index (χ1n) is 6.47. The lowest BCUT2D eigenvalue weighted by Crippen LogP contribution is -2.05. The third kappa shape index (κ3) is 3.83. The summed E-state index contributed by atoms with van der Waals surface area (Å²) in [7, 11) is 1.98. The van der Waals surface area contributed by atoms with Crippen molar-refractivity contribution in [2.45, 2.75) is 32.8 Å². The minimum Gasteiger partial charge on any atom is -0.491 e. The lowest BCUT2D eigenvalue weighted by Gasteiger charge is -2.10. The van der Waals surface area contributed by atoms with Crippen LogP contribution in [-0.4, -0.2) is 15.7 Å². The molecule has 19 heavy (non-hydrogen) atoms. The molecule has 4 heteroatoms. The van der Waals surface area contributed by atoms with Crippen molar-refractivity contribution in [2.75, 3.05) is 0 Å². The van der Waals surface area contributed by atoms with Crippen LogP contribution in [-0.2, 0) is 19.9 Å². The molecule has 0 N–H and O–H groups in total. The fraction of sp³-hybridized carbons (Fsp3) is 0.400. The first-order chi connectivity index (χ1) is 9.06. The summed E-state index contributed by atoms with van der Waals surface area (Å²) in [6, 6.07) is 8.30. The fourth-order valence-electron chi connectivity index (χ4n) is 1.90. The molecule has 0 amide bonds. The van der Waals surface area contributed by atoms with E-state index < -0.39 is 0 Å². The molecule has 2 aromatic rings. The van der Waals surface area contributed by atoms with Crippen LogP contribution in [0.2, 0.25) is 0 Å². The molecule has 0 aliphatic heterocycles. The van der Waals surface area contributed by atoms with Gasteiger partial charge < -0.3 is 9.30 Å². The summed E-state index contributed by atoms with van der Waals surface area (Å²) in [6.07, 6.45) is 3.97. The molecule has 0 bridgehead atoms. The average Bonchev–Trinajstić information content (AvgIpc) is 2.69. The van der Waals surface area contributed by atoms with E-state index in [2.05, 4.69) is 33.0 Å². The summed E-state index contributed by atoms with van der Waals surface area (Å²) < 4.78 is 8.67. The number of nitrogens with zero attached hydrogens (tertiary/aromatic N) is 2. The Hall–Kier alpha value is -1.29. The second-order valence-corrected chi connectivity index (χ2v) is 5.65. The van der Waals surface area contributed by atoms with Crippen molar-refractivity contribution in [3.8, 4) is 5.75 Å². The van der Waals surface area contributed by atoms with Crippen LogP contribution in [0.3, 0.4) is 0 Å². The van der Waals surface area contributed by atoms with Gasteiger partial charge >= 0.3 is 0 Å². The van der Waals surface area contributed by atoms with Crippen LogP contribution in [0.4, 0.5) is 0 Å². The Morgan fingerprint density at radius 2 is 1.89 bits per heavy atom. The number of hydrogen-bond donors (Lipinski definition) is 0. The van der Waals surface area contributed by atoms with Gasteiger partial charge in [0.2, 0.25) is 0 Å². The van der Waals surface area contributed by atoms with Gasteiger partial charge in [-0.1, -0.05) is 12.1 Å². The summed E-state index contributed by atoms with van der Waals surface area (Å²) in [4.78, 5) is 4.38. The van der Waals surface area contributed by atoms with Gasteiger partial charge in [0.15, 0.2) is 0 Å². The molecule has 0 fully saturated rings. The molecule has 0 aliphatic rings. The average molecular weight is 323 g/mol. The fourth-order valence-corrected chi connectivity index (χ4v) is 2.29. The van der Waals surface area contributed by atoms with E-state index in [0.717, 1.165) is 28.9 Å². The van der Waals surface area contributed by atoms with Crippen LogP contribution in [0.1, 0.15) is 25.1 Å². The highest BCUT2D eigenvalue weighted by molar-refractivity contribution is 9.10. The Bertz CT molecular complexity index is 532. The van der Waals surface area contributed by atoms with Crippen molar-refractivity contribution in [3.05, 3.63) is 46.5 Å². The van der Waals surface area contributed by atoms with Gasteiger partial charge in [-0.15, -0.1) is 0 Å². The third-order valence-corrected chi connectivity index (χ3v) is 3.90. The van der Waals surface area contributed by atoms with Crippen molar-refractivity contribution in [1.82, 2.24) is 9.55 Å². The molecule has 0 saturated carbocycles. The van der Waals surface area contributed by atoms with Gasteiger partial charge in [-0.2, -0.15) is 0 Å². The van der Waals surface area contributed by atoms with Crippen LogP contribution >= 0.6 is 15.9 Å². The van der Waals surface area contributed by atoms with Gasteiger partial charge in [-0.3, -0.25) is 0 Å². The first-order valence-corrected chi connectivity index (χ1v) is 7.27. The smallest absolute Gasteiger partial charge is 0.119 e. The molecule has 0 unspecified atom stereocenters. The van der Waals surface area contributed by atoms with Crippen molar-refractivity contribution in [1.29, 1.82) is 0 Å². The van der Waals surface area contributed by atoms with Gasteiger partial charge in [0.05, 0.1) is 18.1 Å². The van der Waals surface area contributed by atoms with Crippen molar-refractivity contribution < 1.29 is 4.74 Å². The molecule has 1 aromatic carbocycles. The van der Waals surface area contributed by atoms with Crippen molar-refractivity contribution >= 4 is 15.9 Å². The molecule has 3 nitrogen and oxygen atoms in total. The van der Waals surface area contributed by atoms with Crippen LogP contribution in [0.15, 0.2) is 35.2 Å². The molecule has 0 spiro atoms. The zero-order chi connectivity index (χ0) is 13.8. The summed E-state index contributed by atoms with van der Waals surface area (Å²) in [5.41, 5.74) is 2.40. The molecule has 0 saturated heterocycles. The van der Waals surface area contributed by atoms with E-state index in [9.17, 15) is 0 Å². The van der Waals surface area contributed by atoms with E-state index in [0.29, 0.717) is 0 Å². The Labute approximate surface area is 122 Å². The van der Waals surface area contributed by atoms with E-state index in [1.165, 1.54) is 5.56 Å². The predicted molar refractivity (Wildman–Crippen MR) is 80.5 cm³/mol. The first kappa shape index (κ1) is 14.1. The maximum absolute atomic E-state index is 5.63. The molecule has 0 radical (unpaired) electrons. The Balaban J connectivity index is 1.95. The van der Waals surface area contributed by atoms with Crippen LogP contribution in [0, 0.1) is 0 Å². The van der Waals surface area contributed by atoms with Gasteiger partial charge in [0, 0.05) is 7.05 Å². The zero-order valence-corrected chi connectivity index (χ0v) is 13.1. The summed E-state index contributed by atoms with van der Waals surface area (Å²) in [6.45, 7) is 4.07. The van der Waals surface area contributed by atoms with Crippen LogP contribution < -0.4 is 4.74 Å². The number of imidazole rings is 1. The van der Waals surface area contributed by atoms with E-state index in [1.807, 2.05) is 43.9 Å². The third-order valence-electron chi connectivity index (χ3n) is 2.88. The van der Waals surface area contributed by atoms with E-state index in [1.54, 1.807) is 0 Å². The largest absolute Gasteiger partial charge is 0.491 e. The number of hydrogen-bond acceptors (Lipinski definition) is 2. The van der Waals surface area contributed by atoms with Crippen molar-refractivity contribution in [2.24, 2.45) is 7.05 Å². The molecule has 1 heterocycles. The molecule has 0 aliphatic carbocycles. The van der Waals surface area contributed by atoms with E-state index in [-0.39, 0.29) is 6.10 Å². The zero-order valence-electron chi connectivity index (χ0n) is 11.6. The monoisotopic (exact) mass is 322 g/mol. The van der Waals surface area contributed by atoms with Gasteiger partial charge in [0.25, 0.3) is 0 Å². The number of aromatic nitrogens is 2. The van der Waals surface area contributed by atoms with Gasteiger partial charge in [-0.05, 0) is 60.3 Å². The van der Waals surface area contributed by atoms with E-state index in [4.69, 9.17) is 4.74 Å². The minimum absolute atomic E-state index is 0.218. The molecule has 1 aromatic heterocycles. The highest BCUT2D eigenvalue weighted by Gasteiger charge is 2.06. The van der Waals surface area contributed by atoms with Crippen LogP contribution in [0.25, 0.3) is 0 Å². The standard InChI is InChI=1S/C15H19BrN2O/c1-11(2)19-13-7-4-12(5-8-13)6-9-14-15(16)18(3)10-17-14/h4-5,7-8,10-11H,6,9H2,1-3H3. The quantitative estimate of drug-likeness (QED) is 0.838. The number of benzene rings is 1. The maximum Gasteiger partial charge on any atom is 0.119 e. The predicted octanol–water partition coefficient (Wildman–Crippen LogP) is 3.76. The second kappa shape index (κ2) is 6.24. The lowest BCUT2D eigenvalue weighted by atomic mass is 10.1. The molecule has 102 valence electrons. The van der Waals surface area contributed by atoms with Gasteiger partial charge in [0.1, 0.15) is 10.4 Å². The highest BCUT2D eigenvalue weighted by atomic mass is 79.9. The summed E-state index contributed by atoms with van der Waals surface area (Å²) in [5, 5.41) is 0. The summed E-state index contributed by atoms with van der Waals surface area (Å²) >= 11 is 3.54. The highest BCUT2D eigenvalue weighted by Crippen LogP contribution is 2.18. The van der Waals surface area contributed by atoms with Crippen molar-refractivity contribution in [3.63, 3.8) is 0 Å². The minimum atomic E-state index is 0.218. The lowest BCUT2D eigenvalue weighted by molar-refractivity contribution is 0.242. The number of rotatable bonds is 5. The number of aryl methyl sites for hydroxylation is 3. The second-order valence-electron chi connectivity index (χ2n) is 4.90. The van der Waals surface area contributed by atoms with Crippen LogP contribution in [0.5, 0.6) is 5.75 Å². The molecular weight excluding hydrogens is 304 g/mol. The Morgan fingerprint density at radius 3 is 2.42 bits per heavy atom. The molecule has 0 atom stereocenters. The molecular formula is C15H19BrN2O. The SMILES string of the molecule is CC(C)Oc1ccc(CCc2ncn(C)c2Br)cc1.